The Balaban J connectivity index is 2.39. The van der Waals surface area contributed by atoms with Crippen molar-refractivity contribution in [1.29, 1.82) is 5.41 Å². The molecule has 64 valence electrons. The van der Waals surface area contributed by atoms with Gasteiger partial charge in [-0.2, -0.15) is 0 Å². The van der Waals surface area contributed by atoms with Crippen LogP contribution in [0.3, 0.4) is 0 Å². The van der Waals surface area contributed by atoms with Gasteiger partial charge in [-0.05, 0) is 12.8 Å². The molecule has 1 saturated heterocycles. The molecule has 0 saturated carbocycles. The van der Waals surface area contributed by atoms with Crippen LogP contribution < -0.4 is 5.73 Å². The SMILES string of the molecule is N=C(N)N1CCCC(CF)C1. The van der Waals surface area contributed by atoms with Crippen molar-refractivity contribution in [2.24, 2.45) is 11.7 Å². The molecule has 11 heavy (non-hydrogen) atoms. The molecule has 1 atom stereocenters. The number of rotatable bonds is 1. The first-order valence-corrected chi connectivity index (χ1v) is 3.89. The fourth-order valence-electron chi connectivity index (χ4n) is 1.41. The molecule has 1 aliphatic heterocycles. The standard InChI is InChI=1S/C7H14FN3/c8-4-6-2-1-3-11(5-6)7(9)10/h6H,1-5H2,(H3,9,10). The fraction of sp³-hybridized carbons (Fsp3) is 0.857. The van der Waals surface area contributed by atoms with Gasteiger partial charge in [0.05, 0.1) is 6.67 Å². The second-order valence-electron chi connectivity index (χ2n) is 2.99. The van der Waals surface area contributed by atoms with Crippen LogP contribution in [0.4, 0.5) is 4.39 Å². The van der Waals surface area contributed by atoms with Gasteiger partial charge in [0.1, 0.15) is 0 Å². The lowest BCUT2D eigenvalue weighted by molar-refractivity contribution is 0.217. The van der Waals surface area contributed by atoms with Gasteiger partial charge in [-0.3, -0.25) is 9.80 Å². The topological polar surface area (TPSA) is 53.1 Å². The predicted octanol–water partition coefficient (Wildman–Crippen LogP) is 0.561. The molecule has 3 N–H and O–H groups in total. The van der Waals surface area contributed by atoms with Crippen LogP contribution in [0.1, 0.15) is 12.8 Å². The smallest absolute Gasteiger partial charge is 0.188 e. The van der Waals surface area contributed by atoms with E-state index in [4.69, 9.17) is 11.1 Å². The average Bonchev–Trinajstić information content (AvgIpc) is 2.05. The summed E-state index contributed by atoms with van der Waals surface area (Å²) in [6, 6.07) is 0. The van der Waals surface area contributed by atoms with Crippen LogP contribution in [0.5, 0.6) is 0 Å². The predicted molar refractivity (Wildman–Crippen MR) is 42.2 cm³/mol. The Hall–Kier alpha value is -0.800. The molecule has 1 aliphatic rings. The zero-order chi connectivity index (χ0) is 8.27. The minimum atomic E-state index is -0.288. The first-order chi connectivity index (χ1) is 5.24. The Labute approximate surface area is 65.9 Å². The molecule has 0 amide bonds. The largest absolute Gasteiger partial charge is 0.370 e. The van der Waals surface area contributed by atoms with E-state index in [0.29, 0.717) is 6.54 Å². The molecule has 3 nitrogen and oxygen atoms in total. The molecular weight excluding hydrogens is 145 g/mol. The Bertz CT molecular complexity index is 149. The van der Waals surface area contributed by atoms with Crippen LogP contribution in [0.25, 0.3) is 0 Å². The van der Waals surface area contributed by atoms with E-state index < -0.39 is 0 Å². The summed E-state index contributed by atoms with van der Waals surface area (Å²) in [6.07, 6.45) is 1.88. The molecule has 0 spiro atoms. The average molecular weight is 159 g/mol. The van der Waals surface area contributed by atoms with Gasteiger partial charge in [0.2, 0.25) is 0 Å². The maximum absolute atomic E-state index is 12.2. The maximum atomic E-state index is 12.2. The van der Waals surface area contributed by atoms with Gasteiger partial charge in [0.25, 0.3) is 0 Å². The second-order valence-corrected chi connectivity index (χ2v) is 2.99. The van der Waals surface area contributed by atoms with Gasteiger partial charge in [0.15, 0.2) is 5.96 Å². The summed E-state index contributed by atoms with van der Waals surface area (Å²) in [5.41, 5.74) is 5.27. The van der Waals surface area contributed by atoms with Gasteiger partial charge in [-0.25, -0.2) is 0 Å². The van der Waals surface area contributed by atoms with Crippen molar-refractivity contribution >= 4 is 5.96 Å². The number of nitrogens with one attached hydrogen (secondary N) is 1. The third-order valence-corrected chi connectivity index (χ3v) is 2.08. The van der Waals surface area contributed by atoms with Crippen molar-refractivity contribution < 1.29 is 4.39 Å². The van der Waals surface area contributed by atoms with Gasteiger partial charge < -0.3 is 10.6 Å². The van der Waals surface area contributed by atoms with Crippen LogP contribution in [0, 0.1) is 11.3 Å². The highest BCUT2D eigenvalue weighted by atomic mass is 19.1. The first-order valence-electron chi connectivity index (χ1n) is 3.89. The number of guanidine groups is 1. The first kappa shape index (κ1) is 8.30. The number of likely N-dealkylation sites (tertiary alicyclic amines) is 1. The summed E-state index contributed by atoms with van der Waals surface area (Å²) >= 11 is 0. The van der Waals surface area contributed by atoms with Gasteiger partial charge in [0, 0.05) is 19.0 Å². The monoisotopic (exact) mass is 159 g/mol. The lowest BCUT2D eigenvalue weighted by atomic mass is 10.00. The molecule has 0 bridgehead atoms. The molecule has 0 radical (unpaired) electrons. The summed E-state index contributed by atoms with van der Waals surface area (Å²) in [5, 5.41) is 7.14. The van der Waals surface area contributed by atoms with Crippen molar-refractivity contribution in [3.05, 3.63) is 0 Å². The molecule has 4 heteroatoms. The highest BCUT2D eigenvalue weighted by molar-refractivity contribution is 5.74. The highest BCUT2D eigenvalue weighted by Crippen LogP contribution is 2.15. The molecule has 1 unspecified atom stereocenters. The zero-order valence-corrected chi connectivity index (χ0v) is 6.52. The van der Waals surface area contributed by atoms with E-state index in [1.165, 1.54) is 0 Å². The number of piperidine rings is 1. The van der Waals surface area contributed by atoms with E-state index in [0.717, 1.165) is 19.4 Å². The summed E-state index contributed by atoms with van der Waals surface area (Å²) in [5.74, 6) is 0.163. The van der Waals surface area contributed by atoms with E-state index in [1.807, 2.05) is 0 Å². The number of nitrogens with two attached hydrogens (primary N) is 1. The van der Waals surface area contributed by atoms with Crippen LogP contribution in [-0.2, 0) is 0 Å². The van der Waals surface area contributed by atoms with Crippen molar-refractivity contribution in [3.63, 3.8) is 0 Å². The van der Waals surface area contributed by atoms with Crippen molar-refractivity contribution in [3.8, 4) is 0 Å². The maximum Gasteiger partial charge on any atom is 0.188 e. The number of hydrogen-bond acceptors (Lipinski definition) is 1. The third-order valence-electron chi connectivity index (χ3n) is 2.08. The van der Waals surface area contributed by atoms with Crippen LogP contribution in [0.15, 0.2) is 0 Å². The van der Waals surface area contributed by atoms with Crippen LogP contribution >= 0.6 is 0 Å². The normalized spacial score (nSPS) is 25.2. The molecule has 0 aromatic carbocycles. The van der Waals surface area contributed by atoms with E-state index in [-0.39, 0.29) is 18.6 Å². The van der Waals surface area contributed by atoms with Crippen molar-refractivity contribution in [1.82, 2.24) is 4.90 Å². The summed E-state index contributed by atoms with van der Waals surface area (Å²) < 4.78 is 12.2. The number of nitrogens with zero attached hydrogens (tertiary/aromatic N) is 1. The summed E-state index contributed by atoms with van der Waals surface area (Å²) in [6.45, 7) is 1.14. The van der Waals surface area contributed by atoms with E-state index >= 15 is 0 Å². The molecule has 0 aromatic heterocycles. The van der Waals surface area contributed by atoms with Gasteiger partial charge in [-0.15, -0.1) is 0 Å². The highest BCUT2D eigenvalue weighted by Gasteiger charge is 2.19. The second kappa shape index (κ2) is 3.55. The zero-order valence-electron chi connectivity index (χ0n) is 6.52. The molecule has 1 rings (SSSR count). The summed E-state index contributed by atoms with van der Waals surface area (Å²) in [7, 11) is 0. The molecular formula is C7H14FN3. The van der Waals surface area contributed by atoms with Crippen molar-refractivity contribution in [2.75, 3.05) is 19.8 Å². The van der Waals surface area contributed by atoms with Crippen LogP contribution in [0.2, 0.25) is 0 Å². The lowest BCUT2D eigenvalue weighted by Gasteiger charge is -2.31. The Morgan fingerprint density at radius 1 is 1.73 bits per heavy atom. The van der Waals surface area contributed by atoms with Gasteiger partial charge >= 0.3 is 0 Å². The Morgan fingerprint density at radius 3 is 3.00 bits per heavy atom. The van der Waals surface area contributed by atoms with E-state index in [9.17, 15) is 4.39 Å². The Morgan fingerprint density at radius 2 is 2.45 bits per heavy atom. The number of hydrogen-bond donors (Lipinski definition) is 2. The molecule has 1 heterocycles. The van der Waals surface area contributed by atoms with Crippen LogP contribution in [-0.4, -0.2) is 30.6 Å². The fourth-order valence-corrected chi connectivity index (χ4v) is 1.41. The Kier molecular flexibility index (Phi) is 2.68. The van der Waals surface area contributed by atoms with Crippen molar-refractivity contribution in [2.45, 2.75) is 12.8 Å². The lowest BCUT2D eigenvalue weighted by Crippen LogP contribution is -2.43. The van der Waals surface area contributed by atoms with Gasteiger partial charge in [-0.1, -0.05) is 0 Å². The molecule has 1 fully saturated rings. The number of alkyl halides is 1. The third kappa shape index (κ3) is 2.06. The van der Waals surface area contributed by atoms with E-state index in [1.54, 1.807) is 4.90 Å². The van der Waals surface area contributed by atoms with E-state index in [2.05, 4.69) is 0 Å². The minimum absolute atomic E-state index is 0.0724. The summed E-state index contributed by atoms with van der Waals surface area (Å²) in [4.78, 5) is 1.73. The molecule has 0 aliphatic carbocycles. The molecule has 0 aromatic rings. The number of halogens is 1. The minimum Gasteiger partial charge on any atom is -0.370 e. The quantitative estimate of drug-likeness (QED) is 0.434.